The smallest absolute Gasteiger partial charge is 0.127 e. The molecule has 2 unspecified atom stereocenters. The normalized spacial score (nSPS) is 14.3. The van der Waals surface area contributed by atoms with Gasteiger partial charge in [0.05, 0.1) is 19.8 Å². The second-order valence-electron chi connectivity index (χ2n) is 3.99. The minimum atomic E-state index is -0.0592. The van der Waals surface area contributed by atoms with E-state index in [9.17, 15) is 0 Å². The molecule has 1 rings (SSSR count). The van der Waals surface area contributed by atoms with Gasteiger partial charge in [-0.2, -0.15) is 0 Å². The van der Waals surface area contributed by atoms with E-state index in [1.807, 2.05) is 18.2 Å². The Kier molecular flexibility index (Phi) is 4.62. The molecule has 90 valence electrons. The fourth-order valence-corrected chi connectivity index (χ4v) is 1.75. The van der Waals surface area contributed by atoms with Crippen LogP contribution in [0.5, 0.6) is 11.5 Å². The van der Waals surface area contributed by atoms with E-state index in [1.165, 1.54) is 0 Å². The van der Waals surface area contributed by atoms with Gasteiger partial charge in [0.15, 0.2) is 0 Å². The van der Waals surface area contributed by atoms with Gasteiger partial charge in [-0.25, -0.2) is 0 Å². The monoisotopic (exact) mass is 223 g/mol. The van der Waals surface area contributed by atoms with Crippen LogP contribution in [0.3, 0.4) is 0 Å². The first kappa shape index (κ1) is 12.8. The number of methoxy groups -OCH3 is 2. The Morgan fingerprint density at radius 3 is 2.06 bits per heavy atom. The Morgan fingerprint density at radius 1 is 1.19 bits per heavy atom. The summed E-state index contributed by atoms with van der Waals surface area (Å²) < 4.78 is 10.7. The molecule has 1 aromatic carbocycles. The quantitative estimate of drug-likeness (QED) is 0.834. The number of rotatable bonds is 5. The molecular weight excluding hydrogens is 202 g/mol. The van der Waals surface area contributed by atoms with Crippen LogP contribution < -0.4 is 15.2 Å². The Labute approximate surface area is 97.6 Å². The van der Waals surface area contributed by atoms with Crippen molar-refractivity contribution in [2.45, 2.75) is 26.3 Å². The summed E-state index contributed by atoms with van der Waals surface area (Å²) in [6.07, 6.45) is 1.03. The van der Waals surface area contributed by atoms with Crippen molar-refractivity contribution in [3.05, 3.63) is 23.8 Å². The predicted octanol–water partition coefficient (Wildman–Crippen LogP) is 2.75. The third-order valence-electron chi connectivity index (χ3n) is 3.06. The van der Waals surface area contributed by atoms with Crippen LogP contribution in [0.2, 0.25) is 0 Å². The molecule has 0 spiro atoms. The summed E-state index contributed by atoms with van der Waals surface area (Å²) in [7, 11) is 3.31. The van der Waals surface area contributed by atoms with Crippen molar-refractivity contribution >= 4 is 0 Å². The maximum atomic E-state index is 6.24. The fourth-order valence-electron chi connectivity index (χ4n) is 1.75. The number of nitrogens with two attached hydrogens (primary N) is 1. The van der Waals surface area contributed by atoms with E-state index >= 15 is 0 Å². The predicted molar refractivity (Wildman–Crippen MR) is 65.9 cm³/mol. The van der Waals surface area contributed by atoms with Crippen LogP contribution in [0.1, 0.15) is 31.9 Å². The Bertz CT molecular complexity index is 316. The topological polar surface area (TPSA) is 44.5 Å². The third-order valence-corrected chi connectivity index (χ3v) is 3.06. The van der Waals surface area contributed by atoms with E-state index in [0.29, 0.717) is 5.92 Å². The molecule has 0 aliphatic heterocycles. The average molecular weight is 223 g/mol. The highest BCUT2D eigenvalue weighted by Gasteiger charge is 2.21. The van der Waals surface area contributed by atoms with Gasteiger partial charge in [0.2, 0.25) is 0 Å². The van der Waals surface area contributed by atoms with Gasteiger partial charge in [-0.05, 0) is 18.1 Å². The number of ether oxygens (including phenoxy) is 2. The van der Waals surface area contributed by atoms with Crippen LogP contribution in [0.25, 0.3) is 0 Å². The SMILES string of the molecule is CCC(C)C(N)c1c(OC)cccc1OC. The van der Waals surface area contributed by atoms with E-state index in [0.717, 1.165) is 23.5 Å². The molecule has 0 aliphatic carbocycles. The maximum absolute atomic E-state index is 6.24. The highest BCUT2D eigenvalue weighted by Crippen LogP contribution is 2.36. The molecule has 16 heavy (non-hydrogen) atoms. The molecule has 0 bridgehead atoms. The van der Waals surface area contributed by atoms with Gasteiger partial charge in [-0.1, -0.05) is 26.3 Å². The van der Waals surface area contributed by atoms with Gasteiger partial charge >= 0.3 is 0 Å². The lowest BCUT2D eigenvalue weighted by Crippen LogP contribution is -2.20. The highest BCUT2D eigenvalue weighted by atomic mass is 16.5. The molecule has 0 saturated carbocycles. The zero-order valence-electron chi connectivity index (χ0n) is 10.5. The van der Waals surface area contributed by atoms with Gasteiger partial charge in [-0.3, -0.25) is 0 Å². The Morgan fingerprint density at radius 2 is 1.69 bits per heavy atom. The molecular formula is C13H21NO2. The molecule has 2 atom stereocenters. The molecule has 0 heterocycles. The van der Waals surface area contributed by atoms with Crippen LogP contribution in [-0.4, -0.2) is 14.2 Å². The van der Waals surface area contributed by atoms with Crippen LogP contribution in [0.4, 0.5) is 0 Å². The molecule has 0 saturated heterocycles. The lowest BCUT2D eigenvalue weighted by Gasteiger charge is -2.23. The lowest BCUT2D eigenvalue weighted by atomic mass is 9.92. The zero-order chi connectivity index (χ0) is 12.1. The summed E-state index contributed by atoms with van der Waals surface area (Å²) >= 11 is 0. The number of hydrogen-bond acceptors (Lipinski definition) is 3. The summed E-state index contributed by atoms with van der Waals surface area (Å²) in [6, 6.07) is 5.68. The molecule has 0 radical (unpaired) electrons. The molecule has 2 N–H and O–H groups in total. The largest absolute Gasteiger partial charge is 0.496 e. The lowest BCUT2D eigenvalue weighted by molar-refractivity contribution is 0.360. The van der Waals surface area contributed by atoms with Gasteiger partial charge < -0.3 is 15.2 Å². The van der Waals surface area contributed by atoms with Gasteiger partial charge in [0, 0.05) is 6.04 Å². The number of hydrogen-bond donors (Lipinski definition) is 1. The summed E-state index contributed by atoms with van der Waals surface area (Å²) in [4.78, 5) is 0. The van der Waals surface area contributed by atoms with Crippen molar-refractivity contribution in [2.24, 2.45) is 11.7 Å². The summed E-state index contributed by atoms with van der Waals surface area (Å²) in [5.41, 5.74) is 7.20. The minimum absolute atomic E-state index is 0.0592. The van der Waals surface area contributed by atoms with Crippen molar-refractivity contribution in [3.8, 4) is 11.5 Å². The summed E-state index contributed by atoms with van der Waals surface area (Å²) in [5, 5.41) is 0. The number of benzene rings is 1. The van der Waals surface area contributed by atoms with E-state index in [-0.39, 0.29) is 6.04 Å². The Balaban J connectivity index is 3.17. The Hall–Kier alpha value is -1.22. The van der Waals surface area contributed by atoms with Gasteiger partial charge in [0.25, 0.3) is 0 Å². The molecule has 3 nitrogen and oxygen atoms in total. The van der Waals surface area contributed by atoms with Crippen LogP contribution in [0, 0.1) is 5.92 Å². The van der Waals surface area contributed by atoms with Crippen molar-refractivity contribution in [3.63, 3.8) is 0 Å². The summed E-state index contributed by atoms with van der Waals surface area (Å²) in [5.74, 6) is 1.99. The van der Waals surface area contributed by atoms with Crippen molar-refractivity contribution in [2.75, 3.05) is 14.2 Å². The van der Waals surface area contributed by atoms with Crippen molar-refractivity contribution < 1.29 is 9.47 Å². The van der Waals surface area contributed by atoms with E-state index < -0.39 is 0 Å². The third kappa shape index (κ3) is 2.47. The molecule has 0 aliphatic rings. The summed E-state index contributed by atoms with van der Waals surface area (Å²) in [6.45, 7) is 4.27. The van der Waals surface area contributed by atoms with E-state index in [4.69, 9.17) is 15.2 Å². The molecule has 0 amide bonds. The molecule has 3 heteroatoms. The second-order valence-corrected chi connectivity index (χ2v) is 3.99. The first-order chi connectivity index (χ1) is 7.65. The highest BCUT2D eigenvalue weighted by molar-refractivity contribution is 5.47. The van der Waals surface area contributed by atoms with Gasteiger partial charge in [0.1, 0.15) is 11.5 Å². The first-order valence-corrected chi connectivity index (χ1v) is 5.62. The average Bonchev–Trinajstić information content (AvgIpc) is 2.35. The fraction of sp³-hybridized carbons (Fsp3) is 0.538. The van der Waals surface area contributed by atoms with E-state index in [1.54, 1.807) is 14.2 Å². The first-order valence-electron chi connectivity index (χ1n) is 5.62. The van der Waals surface area contributed by atoms with Crippen molar-refractivity contribution in [1.82, 2.24) is 0 Å². The molecule has 1 aromatic rings. The van der Waals surface area contributed by atoms with Crippen LogP contribution >= 0.6 is 0 Å². The van der Waals surface area contributed by atoms with Crippen LogP contribution in [0.15, 0.2) is 18.2 Å². The second kappa shape index (κ2) is 5.75. The van der Waals surface area contributed by atoms with Crippen LogP contribution in [-0.2, 0) is 0 Å². The minimum Gasteiger partial charge on any atom is -0.496 e. The zero-order valence-corrected chi connectivity index (χ0v) is 10.5. The van der Waals surface area contributed by atoms with Gasteiger partial charge in [-0.15, -0.1) is 0 Å². The van der Waals surface area contributed by atoms with E-state index in [2.05, 4.69) is 13.8 Å². The standard InChI is InChI=1S/C13H21NO2/c1-5-9(2)13(14)12-10(15-3)7-6-8-11(12)16-4/h6-9,13H,5,14H2,1-4H3. The molecule has 0 aromatic heterocycles. The maximum Gasteiger partial charge on any atom is 0.127 e. The van der Waals surface area contributed by atoms with Crippen molar-refractivity contribution in [1.29, 1.82) is 0 Å². The molecule has 0 fully saturated rings.